The number of hydrogen-bond donors (Lipinski definition) is 1. The summed E-state index contributed by atoms with van der Waals surface area (Å²) in [5, 5.41) is 6.21. The highest BCUT2D eigenvalue weighted by molar-refractivity contribution is 5.89. The predicted octanol–water partition coefficient (Wildman–Crippen LogP) is 2.85. The van der Waals surface area contributed by atoms with Crippen LogP contribution in [0.25, 0.3) is 0 Å². The molecule has 2 amide bonds. The van der Waals surface area contributed by atoms with Crippen molar-refractivity contribution in [2.45, 2.75) is 38.4 Å². The third-order valence-electron chi connectivity index (χ3n) is 4.37. The molecule has 1 saturated carbocycles. The highest BCUT2D eigenvalue weighted by Crippen LogP contribution is 2.47. The summed E-state index contributed by atoms with van der Waals surface area (Å²) in [5.41, 5.74) is 0.594. The molecule has 21 heavy (non-hydrogen) atoms. The Morgan fingerprint density at radius 2 is 2.14 bits per heavy atom. The summed E-state index contributed by atoms with van der Waals surface area (Å²) in [6, 6.07) is -0.259. The predicted molar refractivity (Wildman–Crippen MR) is 69.8 cm³/mol. The van der Waals surface area contributed by atoms with Gasteiger partial charge < -0.3 is 10.2 Å². The Morgan fingerprint density at radius 3 is 2.71 bits per heavy atom. The Balaban J connectivity index is 1.55. The molecule has 1 aromatic heterocycles. The molecule has 116 valence electrons. The van der Waals surface area contributed by atoms with Gasteiger partial charge in [0.05, 0.1) is 11.9 Å². The van der Waals surface area contributed by atoms with E-state index < -0.39 is 12.7 Å². The van der Waals surface area contributed by atoms with Crippen molar-refractivity contribution in [2.24, 2.45) is 5.41 Å². The zero-order chi connectivity index (χ0) is 15.1. The molecule has 2 fully saturated rings. The zero-order valence-electron chi connectivity index (χ0n) is 11.5. The topological polar surface area (TPSA) is 50.2 Å². The minimum atomic E-state index is -4.32. The summed E-state index contributed by atoms with van der Waals surface area (Å²) >= 11 is 0. The van der Waals surface area contributed by atoms with Crippen molar-refractivity contribution in [1.82, 2.24) is 14.7 Å². The Bertz CT molecular complexity index is 536. The van der Waals surface area contributed by atoms with E-state index in [1.807, 2.05) is 0 Å². The highest BCUT2D eigenvalue weighted by atomic mass is 19.4. The fourth-order valence-electron chi connectivity index (χ4n) is 3.09. The summed E-state index contributed by atoms with van der Waals surface area (Å²) < 4.78 is 37.5. The third kappa shape index (κ3) is 3.14. The van der Waals surface area contributed by atoms with E-state index in [0.29, 0.717) is 17.6 Å². The molecule has 0 radical (unpaired) electrons. The molecule has 0 bridgehead atoms. The van der Waals surface area contributed by atoms with Crippen LogP contribution in [-0.4, -0.2) is 40.0 Å². The van der Waals surface area contributed by atoms with Gasteiger partial charge in [-0.05, 0) is 24.7 Å². The van der Waals surface area contributed by atoms with Gasteiger partial charge in [-0.3, -0.25) is 4.68 Å². The Morgan fingerprint density at radius 1 is 1.38 bits per heavy atom. The summed E-state index contributed by atoms with van der Waals surface area (Å²) in [6.07, 6.45) is 2.69. The lowest BCUT2D eigenvalue weighted by atomic mass is 9.68. The van der Waals surface area contributed by atoms with Gasteiger partial charge in [0, 0.05) is 19.3 Å². The second-order valence-electron chi connectivity index (χ2n) is 6.00. The Kier molecular flexibility index (Phi) is 3.33. The van der Waals surface area contributed by atoms with E-state index >= 15 is 0 Å². The van der Waals surface area contributed by atoms with Gasteiger partial charge in [-0.25, -0.2) is 4.79 Å². The van der Waals surface area contributed by atoms with E-state index in [1.165, 1.54) is 31.7 Å². The number of nitrogens with zero attached hydrogens (tertiary/aromatic N) is 3. The molecular weight excluding hydrogens is 285 g/mol. The standard InChI is InChI=1S/C13H17F3N4O/c14-13(15,16)9-20-7-10(6-17-20)18-11(21)19-5-4-12(8-19)2-1-3-12/h6-7H,1-5,8-9H2,(H,18,21). The van der Waals surface area contributed by atoms with Crippen LogP contribution in [0.5, 0.6) is 0 Å². The van der Waals surface area contributed by atoms with Crippen LogP contribution >= 0.6 is 0 Å². The van der Waals surface area contributed by atoms with E-state index in [0.717, 1.165) is 17.6 Å². The number of alkyl halides is 3. The molecular formula is C13H17F3N4O. The summed E-state index contributed by atoms with van der Waals surface area (Å²) in [6.45, 7) is 0.299. The van der Waals surface area contributed by atoms with E-state index in [1.54, 1.807) is 4.90 Å². The number of hydrogen-bond acceptors (Lipinski definition) is 2. The van der Waals surface area contributed by atoms with E-state index in [4.69, 9.17) is 0 Å². The molecule has 1 aliphatic heterocycles. The van der Waals surface area contributed by atoms with Crippen molar-refractivity contribution in [3.05, 3.63) is 12.4 Å². The van der Waals surface area contributed by atoms with E-state index in [2.05, 4.69) is 10.4 Å². The van der Waals surface area contributed by atoms with Crippen LogP contribution in [0, 0.1) is 5.41 Å². The largest absolute Gasteiger partial charge is 0.408 e. The number of anilines is 1. The SMILES string of the molecule is O=C(Nc1cnn(CC(F)(F)F)c1)N1CCC2(CCC2)C1. The monoisotopic (exact) mass is 302 g/mol. The molecule has 5 nitrogen and oxygen atoms in total. The van der Waals surface area contributed by atoms with Crippen molar-refractivity contribution in [3.63, 3.8) is 0 Å². The molecule has 1 N–H and O–H groups in total. The normalized spacial score (nSPS) is 20.6. The van der Waals surface area contributed by atoms with Crippen LogP contribution in [0.15, 0.2) is 12.4 Å². The number of aromatic nitrogens is 2. The van der Waals surface area contributed by atoms with Gasteiger partial charge in [0.25, 0.3) is 0 Å². The lowest BCUT2D eigenvalue weighted by Crippen LogP contribution is -2.37. The van der Waals surface area contributed by atoms with Crippen LogP contribution in [0.3, 0.4) is 0 Å². The maximum absolute atomic E-state index is 12.2. The number of amides is 2. The number of urea groups is 1. The van der Waals surface area contributed by atoms with E-state index in [9.17, 15) is 18.0 Å². The number of carbonyl (C=O) groups is 1. The van der Waals surface area contributed by atoms with Crippen LogP contribution in [-0.2, 0) is 6.54 Å². The first kappa shape index (κ1) is 14.2. The zero-order valence-corrected chi connectivity index (χ0v) is 11.5. The fourth-order valence-corrected chi connectivity index (χ4v) is 3.09. The van der Waals surface area contributed by atoms with Crippen LogP contribution < -0.4 is 5.32 Å². The Labute approximate surface area is 120 Å². The van der Waals surface area contributed by atoms with Crippen molar-refractivity contribution < 1.29 is 18.0 Å². The molecule has 0 aromatic carbocycles. The maximum Gasteiger partial charge on any atom is 0.408 e. The van der Waals surface area contributed by atoms with E-state index in [-0.39, 0.29) is 6.03 Å². The molecule has 0 atom stereocenters. The maximum atomic E-state index is 12.2. The Hall–Kier alpha value is -1.73. The number of likely N-dealkylation sites (tertiary alicyclic amines) is 1. The average Bonchev–Trinajstić information content (AvgIpc) is 2.93. The highest BCUT2D eigenvalue weighted by Gasteiger charge is 2.44. The van der Waals surface area contributed by atoms with Crippen LogP contribution in [0.1, 0.15) is 25.7 Å². The van der Waals surface area contributed by atoms with Gasteiger partial charge in [-0.15, -0.1) is 0 Å². The van der Waals surface area contributed by atoms with Gasteiger partial charge in [-0.2, -0.15) is 18.3 Å². The molecule has 0 unspecified atom stereocenters. The smallest absolute Gasteiger partial charge is 0.324 e. The lowest BCUT2D eigenvalue weighted by molar-refractivity contribution is -0.142. The minimum Gasteiger partial charge on any atom is -0.324 e. The number of carbonyl (C=O) groups excluding carboxylic acids is 1. The number of rotatable bonds is 2. The lowest BCUT2D eigenvalue weighted by Gasteiger charge is -2.37. The first-order valence-electron chi connectivity index (χ1n) is 7.00. The van der Waals surface area contributed by atoms with Gasteiger partial charge >= 0.3 is 12.2 Å². The van der Waals surface area contributed by atoms with Crippen LogP contribution in [0.4, 0.5) is 23.7 Å². The minimum absolute atomic E-state index is 0.259. The molecule has 1 aliphatic carbocycles. The molecule has 1 spiro atoms. The second kappa shape index (κ2) is 4.92. The van der Waals surface area contributed by atoms with Crippen molar-refractivity contribution >= 4 is 11.7 Å². The van der Waals surface area contributed by atoms with Crippen molar-refractivity contribution in [1.29, 1.82) is 0 Å². The first-order chi connectivity index (χ1) is 9.85. The fraction of sp³-hybridized carbons (Fsp3) is 0.692. The molecule has 8 heteroatoms. The molecule has 1 aromatic rings. The summed E-state index contributed by atoms with van der Waals surface area (Å²) in [7, 11) is 0. The van der Waals surface area contributed by atoms with Crippen molar-refractivity contribution in [3.8, 4) is 0 Å². The van der Waals surface area contributed by atoms with Gasteiger partial charge in [0.2, 0.25) is 0 Å². The van der Waals surface area contributed by atoms with Gasteiger partial charge in [-0.1, -0.05) is 6.42 Å². The molecule has 2 aliphatic rings. The van der Waals surface area contributed by atoms with Gasteiger partial charge in [0.15, 0.2) is 0 Å². The summed E-state index contributed by atoms with van der Waals surface area (Å²) in [5.74, 6) is 0. The van der Waals surface area contributed by atoms with Crippen molar-refractivity contribution in [2.75, 3.05) is 18.4 Å². The number of halogens is 3. The first-order valence-corrected chi connectivity index (χ1v) is 7.00. The number of nitrogens with one attached hydrogen (secondary N) is 1. The average molecular weight is 302 g/mol. The molecule has 3 rings (SSSR count). The molecule has 2 heterocycles. The summed E-state index contributed by atoms with van der Waals surface area (Å²) in [4.78, 5) is 13.8. The molecule has 1 saturated heterocycles. The quantitative estimate of drug-likeness (QED) is 0.913. The third-order valence-corrected chi connectivity index (χ3v) is 4.37. The van der Waals surface area contributed by atoms with Crippen LogP contribution in [0.2, 0.25) is 0 Å². The second-order valence-corrected chi connectivity index (χ2v) is 6.00. The van der Waals surface area contributed by atoms with Gasteiger partial charge in [0.1, 0.15) is 6.54 Å².